The summed E-state index contributed by atoms with van der Waals surface area (Å²) in [7, 11) is -4.79. The predicted octanol–water partition coefficient (Wildman–Crippen LogP) is 2.69. The first kappa shape index (κ1) is 13.9. The highest BCUT2D eigenvalue weighted by atomic mass is 32.3. The van der Waals surface area contributed by atoms with E-state index in [0.717, 1.165) is 6.07 Å². The molecule has 0 atom stereocenters. The Morgan fingerprint density at radius 2 is 1.71 bits per heavy atom. The van der Waals surface area contributed by atoms with E-state index < -0.39 is 40.0 Å². The van der Waals surface area contributed by atoms with Crippen LogP contribution in [0.25, 0.3) is 0 Å². The minimum Gasteiger partial charge on any atom is -0.207 e. The molecule has 2 nitrogen and oxygen atoms in total. The molecule has 0 aliphatic carbocycles. The number of halogens is 5. The normalized spacial score (nSPS) is 12.8. The first-order valence-corrected chi connectivity index (χ1v) is 5.92. The van der Waals surface area contributed by atoms with Gasteiger partial charge in [-0.15, -0.1) is 3.89 Å². The fourth-order valence-corrected chi connectivity index (χ4v) is 1.68. The van der Waals surface area contributed by atoms with Crippen LogP contribution in [-0.2, 0) is 22.8 Å². The van der Waals surface area contributed by atoms with E-state index in [4.69, 9.17) is 0 Å². The Morgan fingerprint density at radius 1 is 1.12 bits per heavy atom. The van der Waals surface area contributed by atoms with Crippen LogP contribution in [-0.4, -0.2) is 14.2 Å². The van der Waals surface area contributed by atoms with E-state index in [1.54, 1.807) is 0 Å². The molecule has 0 radical (unpaired) electrons. The van der Waals surface area contributed by atoms with Gasteiger partial charge < -0.3 is 0 Å². The highest BCUT2D eigenvalue weighted by Crippen LogP contribution is 2.30. The summed E-state index contributed by atoms with van der Waals surface area (Å²) < 4.78 is 82.2. The molecule has 0 unspecified atom stereocenters. The van der Waals surface area contributed by atoms with Crippen molar-refractivity contribution in [3.63, 3.8) is 0 Å². The highest BCUT2D eigenvalue weighted by molar-refractivity contribution is 7.86. The number of alkyl halides is 3. The summed E-state index contributed by atoms with van der Waals surface area (Å²) in [5.74, 6) is -2.13. The molecule has 0 aromatic heterocycles. The number of rotatable bonds is 3. The van der Waals surface area contributed by atoms with Crippen molar-refractivity contribution in [1.82, 2.24) is 0 Å². The molecule has 0 fully saturated rings. The van der Waals surface area contributed by atoms with Crippen molar-refractivity contribution in [3.8, 4) is 0 Å². The summed E-state index contributed by atoms with van der Waals surface area (Å²) >= 11 is 0. The third-order valence-electron chi connectivity index (χ3n) is 1.92. The summed E-state index contributed by atoms with van der Waals surface area (Å²) in [6.45, 7) is 0. The maximum absolute atomic E-state index is 12.8. The Morgan fingerprint density at radius 3 is 2.18 bits per heavy atom. The summed E-state index contributed by atoms with van der Waals surface area (Å²) in [5, 5.41) is 0. The maximum Gasteiger partial charge on any atom is 0.416 e. The molecule has 1 aromatic carbocycles. The zero-order chi connectivity index (χ0) is 13.3. The minimum atomic E-state index is -4.79. The SMILES string of the molecule is O=S(=O)(F)CCc1cc(F)cc(C(F)(F)F)c1. The van der Waals surface area contributed by atoms with Crippen molar-refractivity contribution in [2.24, 2.45) is 0 Å². The molecule has 0 spiro atoms. The van der Waals surface area contributed by atoms with Gasteiger partial charge in [0.25, 0.3) is 0 Å². The summed E-state index contributed by atoms with van der Waals surface area (Å²) in [6.07, 6.45) is -5.24. The van der Waals surface area contributed by atoms with Gasteiger partial charge in [0.1, 0.15) is 5.82 Å². The summed E-state index contributed by atoms with van der Waals surface area (Å²) in [4.78, 5) is 0. The van der Waals surface area contributed by atoms with E-state index in [0.29, 0.717) is 6.07 Å². The summed E-state index contributed by atoms with van der Waals surface area (Å²) in [5.41, 5.74) is -1.46. The molecule has 0 N–H and O–H groups in total. The molecule has 96 valence electrons. The lowest BCUT2D eigenvalue weighted by atomic mass is 10.1. The van der Waals surface area contributed by atoms with Gasteiger partial charge >= 0.3 is 16.4 Å². The maximum atomic E-state index is 12.8. The van der Waals surface area contributed by atoms with Crippen LogP contribution in [0.2, 0.25) is 0 Å². The molecule has 1 aromatic rings. The zero-order valence-corrected chi connectivity index (χ0v) is 9.08. The summed E-state index contributed by atoms with van der Waals surface area (Å²) in [6, 6.07) is 1.61. The third-order valence-corrected chi connectivity index (χ3v) is 2.61. The van der Waals surface area contributed by atoms with Crippen LogP contribution in [0.4, 0.5) is 21.4 Å². The molecule has 0 saturated carbocycles. The van der Waals surface area contributed by atoms with E-state index in [2.05, 4.69) is 0 Å². The lowest BCUT2D eigenvalue weighted by molar-refractivity contribution is -0.137. The monoisotopic (exact) mass is 274 g/mol. The first-order valence-electron chi connectivity index (χ1n) is 4.37. The molecular weight excluding hydrogens is 267 g/mol. The smallest absolute Gasteiger partial charge is 0.207 e. The van der Waals surface area contributed by atoms with Crippen molar-refractivity contribution in [2.45, 2.75) is 12.6 Å². The second kappa shape index (κ2) is 4.59. The predicted molar refractivity (Wildman–Crippen MR) is 50.0 cm³/mol. The Hall–Kier alpha value is -1.18. The molecule has 8 heteroatoms. The number of aryl methyl sites for hydroxylation is 1. The van der Waals surface area contributed by atoms with Crippen molar-refractivity contribution in [3.05, 3.63) is 35.1 Å². The second-order valence-electron chi connectivity index (χ2n) is 3.34. The van der Waals surface area contributed by atoms with Crippen molar-refractivity contribution in [2.75, 3.05) is 5.75 Å². The van der Waals surface area contributed by atoms with Gasteiger partial charge in [-0.25, -0.2) is 4.39 Å². The average Bonchev–Trinajstić information content (AvgIpc) is 2.11. The molecular formula is C9H7F5O2S. The van der Waals surface area contributed by atoms with Gasteiger partial charge in [0.05, 0.1) is 11.3 Å². The average molecular weight is 274 g/mol. The largest absolute Gasteiger partial charge is 0.416 e. The topological polar surface area (TPSA) is 34.1 Å². The number of hydrogen-bond acceptors (Lipinski definition) is 2. The Bertz CT molecular complexity index is 507. The van der Waals surface area contributed by atoms with Crippen LogP contribution in [0.3, 0.4) is 0 Å². The second-order valence-corrected chi connectivity index (χ2v) is 4.82. The van der Waals surface area contributed by atoms with Crippen molar-refractivity contribution in [1.29, 1.82) is 0 Å². The molecule has 0 amide bonds. The van der Waals surface area contributed by atoms with Gasteiger partial charge in [0.15, 0.2) is 0 Å². The standard InChI is InChI=1S/C9H7F5O2S/c10-8-4-6(1-2-17(14,15)16)3-7(5-8)9(11,12)13/h3-5H,1-2H2. The molecule has 17 heavy (non-hydrogen) atoms. The van der Waals surface area contributed by atoms with E-state index in [1.165, 1.54) is 0 Å². The van der Waals surface area contributed by atoms with Crippen LogP contribution in [0.1, 0.15) is 11.1 Å². The Labute approximate surface area is 94.3 Å². The lowest BCUT2D eigenvalue weighted by Crippen LogP contribution is -2.08. The fraction of sp³-hybridized carbons (Fsp3) is 0.333. The van der Waals surface area contributed by atoms with Gasteiger partial charge in [0.2, 0.25) is 0 Å². The number of hydrogen-bond donors (Lipinski definition) is 0. The van der Waals surface area contributed by atoms with Crippen molar-refractivity contribution >= 4 is 10.2 Å². The van der Waals surface area contributed by atoms with Gasteiger partial charge in [0, 0.05) is 0 Å². The van der Waals surface area contributed by atoms with Crippen LogP contribution in [0.5, 0.6) is 0 Å². The zero-order valence-electron chi connectivity index (χ0n) is 8.26. The molecule has 0 heterocycles. The van der Waals surface area contributed by atoms with Crippen LogP contribution in [0.15, 0.2) is 18.2 Å². The Balaban J connectivity index is 2.98. The fourth-order valence-electron chi connectivity index (χ4n) is 1.20. The lowest BCUT2D eigenvalue weighted by Gasteiger charge is -2.08. The molecule has 1 rings (SSSR count). The van der Waals surface area contributed by atoms with E-state index >= 15 is 0 Å². The van der Waals surface area contributed by atoms with Gasteiger partial charge in [-0.2, -0.15) is 21.6 Å². The first-order chi connectivity index (χ1) is 7.58. The third kappa shape index (κ3) is 4.68. The van der Waals surface area contributed by atoms with Crippen LogP contribution < -0.4 is 0 Å². The van der Waals surface area contributed by atoms with E-state index in [9.17, 15) is 29.9 Å². The van der Waals surface area contributed by atoms with Gasteiger partial charge in [-0.3, -0.25) is 0 Å². The van der Waals surface area contributed by atoms with Crippen molar-refractivity contribution < 1.29 is 29.9 Å². The van der Waals surface area contributed by atoms with Gasteiger partial charge in [-0.1, -0.05) is 0 Å². The molecule has 0 aliphatic rings. The van der Waals surface area contributed by atoms with Crippen LogP contribution in [0, 0.1) is 5.82 Å². The Kier molecular flexibility index (Phi) is 3.75. The van der Waals surface area contributed by atoms with Crippen LogP contribution >= 0.6 is 0 Å². The molecule has 0 bridgehead atoms. The van der Waals surface area contributed by atoms with E-state index in [1.807, 2.05) is 0 Å². The minimum absolute atomic E-state index is 0.224. The quantitative estimate of drug-likeness (QED) is 0.627. The van der Waals surface area contributed by atoms with Gasteiger partial charge in [-0.05, 0) is 30.2 Å². The highest BCUT2D eigenvalue weighted by Gasteiger charge is 2.31. The van der Waals surface area contributed by atoms with E-state index in [-0.39, 0.29) is 11.6 Å². The molecule has 0 aliphatic heterocycles. The molecule has 0 saturated heterocycles. The number of benzene rings is 1.